The van der Waals surface area contributed by atoms with Gasteiger partial charge in [-0.2, -0.15) is 13.2 Å². The summed E-state index contributed by atoms with van der Waals surface area (Å²) in [6.07, 6.45) is 10.5. The average molecular weight is 1440 g/mol. The van der Waals surface area contributed by atoms with Crippen LogP contribution in [0, 0.1) is 123 Å². The van der Waals surface area contributed by atoms with Crippen LogP contribution >= 0.6 is 0 Å². The predicted octanol–water partition coefficient (Wildman–Crippen LogP) is 37.4. The molecule has 2 saturated carbocycles. The van der Waals surface area contributed by atoms with Crippen molar-refractivity contribution in [3.63, 3.8) is 0 Å². The summed E-state index contributed by atoms with van der Waals surface area (Å²) in [6, 6.07) is 0. The summed E-state index contributed by atoms with van der Waals surface area (Å²) in [5.41, 5.74) is -0.359. The smallest absolute Gasteiger partial charge is 0.171 e. The minimum atomic E-state index is -4.10. The van der Waals surface area contributed by atoms with Crippen LogP contribution in [0.4, 0.5) is 13.2 Å². The molecular formula is C97H209F3. The lowest BCUT2D eigenvalue weighted by molar-refractivity contribution is -0.220. The van der Waals surface area contributed by atoms with Gasteiger partial charge >= 0.3 is 6.18 Å². The van der Waals surface area contributed by atoms with Gasteiger partial charge in [0.25, 0.3) is 0 Å². The molecule has 0 spiro atoms. The summed E-state index contributed by atoms with van der Waals surface area (Å²) in [5, 5.41) is 0. The Morgan fingerprint density at radius 1 is 0.340 bits per heavy atom. The Kier molecular flexibility index (Phi) is 48.9. The number of rotatable bonds is 10. The highest BCUT2D eigenvalue weighted by molar-refractivity contribution is 4.85. The molecule has 0 aromatic carbocycles. The van der Waals surface area contributed by atoms with Crippen molar-refractivity contribution >= 4 is 0 Å². The zero-order valence-electron chi connectivity index (χ0n) is 91.0. The fourth-order valence-electron chi connectivity index (χ4n) is 13.8. The lowest BCUT2D eigenvalue weighted by Crippen LogP contribution is -2.35. The summed E-state index contributed by atoms with van der Waals surface area (Å²) in [7, 11) is 0. The Labute approximate surface area is 656 Å². The molecule has 0 atom stereocenters. The van der Waals surface area contributed by atoms with E-state index < -0.39 is 48.9 Å². The van der Waals surface area contributed by atoms with Gasteiger partial charge in [-0.15, -0.1) is 0 Å². The van der Waals surface area contributed by atoms with Gasteiger partial charge in [-0.1, -0.05) is 437 Å². The highest BCUT2D eigenvalue weighted by atomic mass is 19.4. The molecule has 100 heavy (non-hydrogen) atoms. The van der Waals surface area contributed by atoms with Crippen molar-refractivity contribution in [3.05, 3.63) is 0 Å². The van der Waals surface area contributed by atoms with E-state index in [4.69, 9.17) is 15.1 Å². The Bertz CT molecular complexity index is 2130. The van der Waals surface area contributed by atoms with Crippen molar-refractivity contribution in [1.82, 2.24) is 0 Å². The summed E-state index contributed by atoms with van der Waals surface area (Å²) in [6.45, 7) is 109. The van der Waals surface area contributed by atoms with Gasteiger partial charge < -0.3 is 0 Å². The SMILES string of the molecule is CC(C)(C)C1CCCC1.CC(C)(C)C1CCCCC1.CC(C)(C)CC(C)(C)C.CC(C)(C)CC(C)(C)C(F)(F)F.CC(C)CC(C)(C)C.CCC(CC)C(C(CC)CC)C(C)(C)C.[2H]C(C)(C)C(C)(C)C.[2H]C([2H])(C(C)(C)C)C(C)(C)C.[2H]C([2H])(C(C)C)C(C)(C)C.[2H]C([2H])(C)C(C)(C)C.[2H]C([2H])(C)C([2H])([2H])C(C)(C)C. The van der Waals surface area contributed by atoms with E-state index in [9.17, 15) is 13.2 Å². The molecule has 0 radical (unpaired) electrons. The van der Waals surface area contributed by atoms with Gasteiger partial charge in [-0.05, 0) is 182 Å². The first-order valence-corrected chi connectivity index (χ1v) is 41.0. The van der Waals surface area contributed by atoms with E-state index in [1.165, 1.54) is 117 Å². The van der Waals surface area contributed by atoms with Crippen LogP contribution < -0.4 is 0 Å². The Morgan fingerprint density at radius 2 is 0.610 bits per heavy atom. The quantitative estimate of drug-likeness (QED) is 0.205. The fraction of sp³-hybridized carbons (Fsp3) is 1.00. The van der Waals surface area contributed by atoms with Gasteiger partial charge in [-0.25, -0.2) is 0 Å². The van der Waals surface area contributed by atoms with Crippen LogP contribution in [0.3, 0.4) is 0 Å². The maximum atomic E-state index is 12.4. The number of alkyl halides is 3. The Hall–Kier alpha value is -0.210. The van der Waals surface area contributed by atoms with E-state index in [0.717, 1.165) is 35.5 Å². The Morgan fingerprint density at radius 3 is 0.680 bits per heavy atom. The molecule has 0 aromatic heterocycles. The maximum absolute atomic E-state index is 12.4. The molecule has 0 unspecified atom stereocenters. The van der Waals surface area contributed by atoms with Crippen molar-refractivity contribution in [3.8, 4) is 0 Å². The molecule has 0 aliphatic heterocycles. The third-order valence-corrected chi connectivity index (χ3v) is 17.6. The molecule has 0 saturated heterocycles. The van der Waals surface area contributed by atoms with Crippen molar-refractivity contribution < 1.29 is 28.2 Å². The maximum Gasteiger partial charge on any atom is 0.393 e. The molecule has 2 rings (SSSR count). The third-order valence-electron chi connectivity index (χ3n) is 17.6. The molecule has 0 nitrogen and oxygen atoms in total. The fourth-order valence-corrected chi connectivity index (χ4v) is 13.8. The molecule has 0 heterocycles. The zero-order chi connectivity index (χ0) is 92.9. The van der Waals surface area contributed by atoms with E-state index >= 15 is 0 Å². The van der Waals surface area contributed by atoms with E-state index in [1.54, 1.807) is 27.7 Å². The second-order valence-electron chi connectivity index (χ2n) is 46.2. The number of hydrogen-bond acceptors (Lipinski definition) is 0. The van der Waals surface area contributed by atoms with Crippen LogP contribution in [0.25, 0.3) is 0 Å². The summed E-state index contributed by atoms with van der Waals surface area (Å²) in [5.74, 6) is 5.35. The monoisotopic (exact) mass is 1440 g/mol. The second-order valence-corrected chi connectivity index (χ2v) is 46.2. The second kappa shape index (κ2) is 52.0. The minimum Gasteiger partial charge on any atom is -0.171 e. The zero-order valence-corrected chi connectivity index (χ0v) is 80.0. The summed E-state index contributed by atoms with van der Waals surface area (Å²) >= 11 is 0. The van der Waals surface area contributed by atoms with Crippen molar-refractivity contribution in [1.29, 1.82) is 0 Å². The van der Waals surface area contributed by atoms with Gasteiger partial charge in [0, 0.05) is 15.1 Å². The lowest BCUT2D eigenvalue weighted by Gasteiger charge is -2.42. The van der Waals surface area contributed by atoms with E-state index in [-0.39, 0.29) is 50.7 Å². The van der Waals surface area contributed by atoms with Gasteiger partial charge in [0.1, 0.15) is 0 Å². The van der Waals surface area contributed by atoms with Gasteiger partial charge in [-0.3, -0.25) is 0 Å². The first-order valence-electron chi connectivity index (χ1n) is 46.5. The van der Waals surface area contributed by atoms with Gasteiger partial charge in [0.2, 0.25) is 0 Å². The highest BCUT2D eigenvalue weighted by Crippen LogP contribution is 2.46. The third kappa shape index (κ3) is 93.9. The van der Waals surface area contributed by atoms with Crippen LogP contribution in [0.15, 0.2) is 0 Å². The highest BCUT2D eigenvalue weighted by Gasteiger charge is 2.48. The standard InChI is InChI=1S/C15H32.C10H20.C9H17F3.C9H18.2C9H20.2C8H18.2C7H16.C6H14/c1-8-12(9-2)14(15(5,6)7)13(10-3)11-4;1-10(2,3)9-7-5-4-6-8-9;1-7(2,3)6-8(4,5)9(10,11)12;1-9(2,3)8-6-4-5-7-8;2*1-8(2,3)7-9(4,5)6;2*1-7(2)6-8(3,4)5;1-6(2)7(3,4)5;1-5-6-7(2,3)4;1-5-6(2,3)4/h12-14H,8-11H2,1-7H3;9H,4-8H2,1-3H3;6H2,1-5H3;8H,4-7H2,1-3H3;2*7H2,1-6H3;2*7H,6H2,1-5H3;6H,1-5H3;5-6H2,1-4H3;5H2,1-4H3/i;;;;7D2;;6D2;;6D;5D2,6D2;5D2. The molecule has 0 aromatic rings. The average Bonchev–Trinajstić information content (AvgIpc) is 1.44. The summed E-state index contributed by atoms with van der Waals surface area (Å²) < 4.78 is 120. The number of hydrogen-bond donors (Lipinski definition) is 0. The van der Waals surface area contributed by atoms with E-state index in [2.05, 4.69) is 187 Å². The molecule has 0 N–H and O–H groups in total. The molecular weight excluding hydrogens is 1220 g/mol. The minimum absolute atomic E-state index is 0.0903. The lowest BCUT2D eigenvalue weighted by atomic mass is 9.64. The van der Waals surface area contributed by atoms with Crippen molar-refractivity contribution in [2.24, 2.45) is 123 Å². The molecule has 3 heteroatoms. The van der Waals surface area contributed by atoms with Crippen molar-refractivity contribution in [2.45, 2.75) is 508 Å². The van der Waals surface area contributed by atoms with Crippen LogP contribution in [0.1, 0.15) is 517 Å². The van der Waals surface area contributed by atoms with Gasteiger partial charge in [0.05, 0.1) is 5.41 Å². The first-order chi connectivity index (χ1) is 47.4. The topological polar surface area (TPSA) is 0 Å². The van der Waals surface area contributed by atoms with Crippen LogP contribution in [0.2, 0.25) is 0 Å². The molecule has 0 amide bonds. The summed E-state index contributed by atoms with van der Waals surface area (Å²) in [4.78, 5) is 0. The molecule has 618 valence electrons. The molecule has 2 aliphatic rings. The van der Waals surface area contributed by atoms with Crippen molar-refractivity contribution in [2.75, 3.05) is 0 Å². The first kappa shape index (κ1) is 94.0. The van der Waals surface area contributed by atoms with Crippen LogP contribution in [-0.2, 0) is 0 Å². The Balaban J connectivity index is -0.000000148. The molecule has 2 aliphatic carbocycles. The largest absolute Gasteiger partial charge is 0.393 e. The van der Waals surface area contributed by atoms with Crippen LogP contribution in [-0.4, -0.2) is 6.18 Å². The van der Waals surface area contributed by atoms with Gasteiger partial charge in [0.15, 0.2) is 0 Å². The normalized spacial score (nSPS) is 17.6. The molecule has 2 fully saturated rings. The van der Waals surface area contributed by atoms with E-state index in [0.29, 0.717) is 32.5 Å². The predicted molar refractivity (Wildman–Crippen MR) is 466 cm³/mol. The number of halogens is 3. The van der Waals surface area contributed by atoms with E-state index in [1.807, 2.05) is 132 Å². The van der Waals surface area contributed by atoms with Crippen LogP contribution in [0.5, 0.6) is 0 Å². The molecule has 0 bridgehead atoms.